The number of fused-ring (bicyclic) bond motifs is 1. The van der Waals surface area contributed by atoms with E-state index in [9.17, 15) is 0 Å². The van der Waals surface area contributed by atoms with Crippen LogP contribution in [-0.4, -0.2) is 5.75 Å². The molecule has 0 amide bonds. The molecule has 0 saturated heterocycles. The molecule has 0 spiro atoms. The van der Waals surface area contributed by atoms with E-state index in [1.54, 1.807) is 5.56 Å². The number of hydrogen-bond donors (Lipinski definition) is 0. The van der Waals surface area contributed by atoms with Gasteiger partial charge in [-0.05, 0) is 17.5 Å². The normalized spacial score (nSPS) is 17.1. The van der Waals surface area contributed by atoms with Crippen molar-refractivity contribution >= 4 is 21.6 Å². The van der Waals surface area contributed by atoms with E-state index in [4.69, 9.17) is 0 Å². The Morgan fingerprint density at radius 2 is 1.82 bits per heavy atom. The summed E-state index contributed by atoms with van der Waals surface area (Å²) in [5.41, 5.74) is 3.08. The Kier molecular flexibility index (Phi) is 2.44. The van der Waals surface area contributed by atoms with Gasteiger partial charge in [-0.3, -0.25) is 0 Å². The first kappa shape index (κ1) is 7.56. The molecule has 1 heterocycles. The first-order valence-corrected chi connectivity index (χ1v) is 6.27. The summed E-state index contributed by atoms with van der Waals surface area (Å²) in [5.74, 6) is 2.45. The third-order valence-corrected chi connectivity index (χ3v) is 4.19. The number of aryl methyl sites for hydroxylation is 1. The quantitative estimate of drug-likeness (QED) is 0.565. The van der Waals surface area contributed by atoms with E-state index in [1.807, 2.05) is 21.6 Å². The molecule has 2 heteroatoms. The van der Waals surface area contributed by atoms with Crippen molar-refractivity contribution in [3.05, 3.63) is 35.4 Å². The molecule has 0 fully saturated rings. The van der Waals surface area contributed by atoms with E-state index in [-0.39, 0.29) is 0 Å². The Morgan fingerprint density at radius 3 is 2.73 bits per heavy atom. The lowest BCUT2D eigenvalue weighted by atomic mass is 10.1. The smallest absolute Gasteiger partial charge is 0.0291 e. The molecule has 0 unspecified atom stereocenters. The molecule has 0 radical (unpaired) electrons. The van der Waals surface area contributed by atoms with Gasteiger partial charge >= 0.3 is 0 Å². The summed E-state index contributed by atoms with van der Waals surface area (Å²) < 4.78 is 0. The second kappa shape index (κ2) is 3.55. The van der Waals surface area contributed by atoms with Gasteiger partial charge in [0.1, 0.15) is 0 Å². The maximum Gasteiger partial charge on any atom is 0.0291 e. The predicted octanol–water partition coefficient (Wildman–Crippen LogP) is 3.12. The standard InChI is InChI=1S/C9H10S2/c1-2-4-9-7-11-10-6-5-8(9)3-1/h1-4H,5-7H2. The molecule has 1 aromatic carbocycles. The fourth-order valence-corrected chi connectivity index (χ4v) is 3.41. The molecule has 0 aliphatic carbocycles. The second-order valence-corrected chi connectivity index (χ2v) is 5.19. The molecule has 58 valence electrons. The molecule has 11 heavy (non-hydrogen) atoms. The van der Waals surface area contributed by atoms with Gasteiger partial charge in [-0.15, -0.1) is 0 Å². The van der Waals surface area contributed by atoms with Crippen LogP contribution in [-0.2, 0) is 12.2 Å². The Bertz CT molecular complexity index is 220. The summed E-state index contributed by atoms with van der Waals surface area (Å²) >= 11 is 0. The van der Waals surface area contributed by atoms with Gasteiger partial charge < -0.3 is 0 Å². The minimum Gasteiger partial charge on any atom is -0.0935 e. The predicted molar refractivity (Wildman–Crippen MR) is 53.9 cm³/mol. The zero-order valence-corrected chi connectivity index (χ0v) is 7.88. The van der Waals surface area contributed by atoms with Crippen LogP contribution < -0.4 is 0 Å². The van der Waals surface area contributed by atoms with E-state index in [0.717, 1.165) is 0 Å². The van der Waals surface area contributed by atoms with Crippen molar-refractivity contribution in [3.63, 3.8) is 0 Å². The fraction of sp³-hybridized carbons (Fsp3) is 0.333. The first-order valence-electron chi connectivity index (χ1n) is 3.78. The Labute approximate surface area is 75.2 Å². The van der Waals surface area contributed by atoms with Gasteiger partial charge in [-0.2, -0.15) is 0 Å². The molecular weight excluding hydrogens is 172 g/mol. The highest BCUT2D eigenvalue weighted by Gasteiger charge is 2.05. The lowest BCUT2D eigenvalue weighted by molar-refractivity contribution is 1.13. The van der Waals surface area contributed by atoms with Crippen molar-refractivity contribution in [2.45, 2.75) is 12.2 Å². The first-order chi connectivity index (χ1) is 5.47. The molecule has 2 rings (SSSR count). The van der Waals surface area contributed by atoms with Crippen LogP contribution in [0, 0.1) is 0 Å². The van der Waals surface area contributed by atoms with E-state index < -0.39 is 0 Å². The summed E-state index contributed by atoms with van der Waals surface area (Å²) in [6.07, 6.45) is 1.24. The molecule has 0 N–H and O–H groups in total. The van der Waals surface area contributed by atoms with Gasteiger partial charge in [0.15, 0.2) is 0 Å². The van der Waals surface area contributed by atoms with Crippen molar-refractivity contribution in [2.24, 2.45) is 0 Å². The van der Waals surface area contributed by atoms with Crippen molar-refractivity contribution in [1.29, 1.82) is 0 Å². The van der Waals surface area contributed by atoms with Crippen LogP contribution >= 0.6 is 21.6 Å². The lowest BCUT2D eigenvalue weighted by Gasteiger charge is -2.01. The highest BCUT2D eigenvalue weighted by Crippen LogP contribution is 2.31. The highest BCUT2D eigenvalue weighted by molar-refractivity contribution is 8.76. The van der Waals surface area contributed by atoms with Crippen molar-refractivity contribution in [3.8, 4) is 0 Å². The Hall–Kier alpha value is -0.0800. The SMILES string of the molecule is c1ccc2c(c1)CCSSC2. The average Bonchev–Trinajstić information content (AvgIpc) is 2.28. The molecule has 0 atom stereocenters. The molecule has 1 aliphatic heterocycles. The number of benzene rings is 1. The van der Waals surface area contributed by atoms with E-state index in [2.05, 4.69) is 24.3 Å². The third-order valence-electron chi connectivity index (χ3n) is 1.87. The van der Waals surface area contributed by atoms with Gasteiger partial charge in [0.2, 0.25) is 0 Å². The largest absolute Gasteiger partial charge is 0.0935 e. The zero-order chi connectivity index (χ0) is 7.52. The minimum absolute atomic E-state index is 1.18. The van der Waals surface area contributed by atoms with E-state index in [0.29, 0.717) is 0 Å². The molecule has 0 aromatic heterocycles. The second-order valence-electron chi connectivity index (χ2n) is 2.60. The monoisotopic (exact) mass is 182 g/mol. The zero-order valence-electron chi connectivity index (χ0n) is 6.25. The van der Waals surface area contributed by atoms with Crippen LogP contribution in [0.5, 0.6) is 0 Å². The maximum atomic E-state index is 2.25. The van der Waals surface area contributed by atoms with Crippen LogP contribution in [0.1, 0.15) is 11.1 Å². The summed E-state index contributed by atoms with van der Waals surface area (Å²) in [6, 6.07) is 8.77. The summed E-state index contributed by atoms with van der Waals surface area (Å²) in [7, 11) is 3.96. The van der Waals surface area contributed by atoms with Crippen molar-refractivity contribution < 1.29 is 0 Å². The van der Waals surface area contributed by atoms with E-state index >= 15 is 0 Å². The van der Waals surface area contributed by atoms with Crippen LogP contribution in [0.3, 0.4) is 0 Å². The van der Waals surface area contributed by atoms with Crippen LogP contribution in [0.15, 0.2) is 24.3 Å². The van der Waals surface area contributed by atoms with Crippen LogP contribution in [0.2, 0.25) is 0 Å². The number of hydrogen-bond acceptors (Lipinski definition) is 2. The van der Waals surface area contributed by atoms with Gasteiger partial charge in [0.05, 0.1) is 0 Å². The lowest BCUT2D eigenvalue weighted by Crippen LogP contribution is -1.89. The number of rotatable bonds is 0. The summed E-state index contributed by atoms with van der Waals surface area (Å²) in [6.45, 7) is 0. The van der Waals surface area contributed by atoms with Crippen molar-refractivity contribution in [2.75, 3.05) is 5.75 Å². The van der Waals surface area contributed by atoms with Crippen LogP contribution in [0.25, 0.3) is 0 Å². The van der Waals surface area contributed by atoms with Gasteiger partial charge in [-0.25, -0.2) is 0 Å². The van der Waals surface area contributed by atoms with Crippen molar-refractivity contribution in [1.82, 2.24) is 0 Å². The average molecular weight is 182 g/mol. The summed E-state index contributed by atoms with van der Waals surface area (Å²) in [4.78, 5) is 0. The molecule has 1 aliphatic rings. The van der Waals surface area contributed by atoms with Gasteiger partial charge in [-0.1, -0.05) is 45.9 Å². The molecule has 0 nitrogen and oxygen atoms in total. The molecule has 0 saturated carbocycles. The molecule has 0 bridgehead atoms. The highest BCUT2D eigenvalue weighted by atomic mass is 33.1. The molecular formula is C9H10S2. The topological polar surface area (TPSA) is 0 Å². The van der Waals surface area contributed by atoms with Gasteiger partial charge in [0, 0.05) is 11.5 Å². The van der Waals surface area contributed by atoms with E-state index in [1.165, 1.54) is 23.5 Å². The Morgan fingerprint density at radius 1 is 1.00 bits per heavy atom. The Balaban J connectivity index is 2.33. The molecule has 1 aromatic rings. The fourth-order valence-electron chi connectivity index (χ4n) is 1.26. The third kappa shape index (κ3) is 1.74. The maximum absolute atomic E-state index is 2.25. The van der Waals surface area contributed by atoms with Crippen LogP contribution in [0.4, 0.5) is 0 Å². The van der Waals surface area contributed by atoms with Gasteiger partial charge in [0.25, 0.3) is 0 Å². The minimum atomic E-state index is 1.18. The summed E-state index contributed by atoms with van der Waals surface area (Å²) in [5, 5.41) is 0.